The lowest BCUT2D eigenvalue weighted by atomic mass is 10.1. The van der Waals surface area contributed by atoms with Crippen LogP contribution in [0.3, 0.4) is 0 Å². The molecule has 0 saturated heterocycles. The highest BCUT2D eigenvalue weighted by molar-refractivity contribution is 9.10. The molecule has 7 nitrogen and oxygen atoms in total. The maximum Gasteiger partial charge on any atom is 0.347 e. The van der Waals surface area contributed by atoms with Gasteiger partial charge in [-0.15, -0.1) is 0 Å². The van der Waals surface area contributed by atoms with Gasteiger partial charge in [-0.1, -0.05) is 22.0 Å². The van der Waals surface area contributed by atoms with E-state index in [1.165, 1.54) is 30.5 Å². The lowest BCUT2D eigenvalue weighted by molar-refractivity contribution is 0.104. The SMILES string of the molecule is NS(=O)(=O)c1cccc(N/C=C/C(=O)c2cc3cc(Br)ccc3oc2=O)c1. The number of fused-ring (bicyclic) bond motifs is 1. The average Bonchev–Trinajstić information content (AvgIpc) is 2.61. The molecule has 1 aromatic heterocycles. The number of nitrogens with two attached hydrogens (primary N) is 1. The summed E-state index contributed by atoms with van der Waals surface area (Å²) >= 11 is 3.32. The monoisotopic (exact) mass is 448 g/mol. The molecule has 0 aliphatic heterocycles. The largest absolute Gasteiger partial charge is 0.422 e. The molecular weight excluding hydrogens is 436 g/mol. The average molecular weight is 449 g/mol. The number of primary sulfonamides is 1. The fraction of sp³-hybridized carbons (Fsp3) is 0. The van der Waals surface area contributed by atoms with Crippen molar-refractivity contribution in [3.05, 3.63) is 81.3 Å². The van der Waals surface area contributed by atoms with Gasteiger partial charge in [0.15, 0.2) is 5.78 Å². The number of hydrogen-bond acceptors (Lipinski definition) is 6. The number of rotatable bonds is 5. The van der Waals surface area contributed by atoms with Gasteiger partial charge < -0.3 is 9.73 Å². The molecule has 0 aliphatic rings. The van der Waals surface area contributed by atoms with Crippen molar-refractivity contribution in [1.29, 1.82) is 0 Å². The quantitative estimate of drug-likeness (QED) is 0.351. The predicted molar refractivity (Wildman–Crippen MR) is 105 cm³/mol. The Morgan fingerprint density at radius 2 is 1.93 bits per heavy atom. The van der Waals surface area contributed by atoms with Crippen LogP contribution in [-0.4, -0.2) is 14.2 Å². The minimum Gasteiger partial charge on any atom is -0.422 e. The first-order valence-corrected chi connectivity index (χ1v) is 9.92. The third-order valence-corrected chi connectivity index (χ3v) is 5.01. The highest BCUT2D eigenvalue weighted by Gasteiger charge is 2.12. The summed E-state index contributed by atoms with van der Waals surface area (Å²) in [6, 6.07) is 12.3. The zero-order valence-corrected chi connectivity index (χ0v) is 16.1. The number of hydrogen-bond donors (Lipinski definition) is 2. The summed E-state index contributed by atoms with van der Waals surface area (Å²) in [7, 11) is -3.83. The van der Waals surface area contributed by atoms with Gasteiger partial charge >= 0.3 is 5.63 Å². The smallest absolute Gasteiger partial charge is 0.347 e. The minimum absolute atomic E-state index is 0.0621. The van der Waals surface area contributed by atoms with E-state index in [4.69, 9.17) is 9.56 Å². The molecule has 0 radical (unpaired) electrons. The van der Waals surface area contributed by atoms with Crippen LogP contribution < -0.4 is 16.1 Å². The summed E-state index contributed by atoms with van der Waals surface area (Å²) < 4.78 is 28.6. The molecule has 27 heavy (non-hydrogen) atoms. The third kappa shape index (κ3) is 4.51. The lowest BCUT2D eigenvalue weighted by Gasteiger charge is -2.03. The van der Waals surface area contributed by atoms with Crippen LogP contribution in [-0.2, 0) is 10.0 Å². The van der Waals surface area contributed by atoms with Gasteiger partial charge in [-0.2, -0.15) is 0 Å². The van der Waals surface area contributed by atoms with Crippen LogP contribution in [0.2, 0.25) is 0 Å². The van der Waals surface area contributed by atoms with Crippen LogP contribution in [0.15, 0.2) is 79.4 Å². The first-order chi connectivity index (χ1) is 12.7. The Morgan fingerprint density at radius 3 is 2.67 bits per heavy atom. The van der Waals surface area contributed by atoms with Crippen molar-refractivity contribution in [2.24, 2.45) is 5.14 Å². The molecule has 0 aliphatic carbocycles. The lowest BCUT2D eigenvalue weighted by Crippen LogP contribution is -2.12. The number of nitrogens with one attached hydrogen (secondary N) is 1. The molecule has 0 atom stereocenters. The molecule has 0 amide bonds. The van der Waals surface area contributed by atoms with Gasteiger partial charge in [-0.05, 0) is 42.5 Å². The maximum absolute atomic E-state index is 12.3. The van der Waals surface area contributed by atoms with E-state index < -0.39 is 21.4 Å². The van der Waals surface area contributed by atoms with E-state index in [9.17, 15) is 18.0 Å². The van der Waals surface area contributed by atoms with Crippen LogP contribution in [0.25, 0.3) is 11.0 Å². The van der Waals surface area contributed by atoms with Crippen molar-refractivity contribution in [2.45, 2.75) is 4.90 Å². The maximum atomic E-state index is 12.3. The number of allylic oxidation sites excluding steroid dienone is 1. The molecule has 9 heteroatoms. The molecule has 3 N–H and O–H groups in total. The molecule has 0 spiro atoms. The third-order valence-electron chi connectivity index (χ3n) is 3.61. The topological polar surface area (TPSA) is 119 Å². The van der Waals surface area contributed by atoms with E-state index in [0.29, 0.717) is 16.7 Å². The van der Waals surface area contributed by atoms with Crippen LogP contribution in [0, 0.1) is 0 Å². The van der Waals surface area contributed by atoms with Crippen molar-refractivity contribution in [3.8, 4) is 0 Å². The minimum atomic E-state index is -3.83. The molecule has 0 unspecified atom stereocenters. The van der Waals surface area contributed by atoms with E-state index in [1.54, 1.807) is 24.3 Å². The Labute approximate surface area is 162 Å². The van der Waals surface area contributed by atoms with Gasteiger partial charge in [0.2, 0.25) is 10.0 Å². The fourth-order valence-electron chi connectivity index (χ4n) is 2.33. The fourth-order valence-corrected chi connectivity index (χ4v) is 3.27. The summed E-state index contributed by atoms with van der Waals surface area (Å²) in [6.45, 7) is 0. The molecule has 0 fully saturated rings. The van der Waals surface area contributed by atoms with E-state index in [1.807, 2.05) is 0 Å². The van der Waals surface area contributed by atoms with E-state index in [2.05, 4.69) is 21.2 Å². The summed E-state index contributed by atoms with van der Waals surface area (Å²) in [4.78, 5) is 24.2. The van der Waals surface area contributed by atoms with Crippen molar-refractivity contribution in [1.82, 2.24) is 0 Å². The number of ketones is 1. The molecule has 0 bridgehead atoms. The van der Waals surface area contributed by atoms with Gasteiger partial charge in [-0.25, -0.2) is 18.4 Å². The first-order valence-electron chi connectivity index (χ1n) is 7.58. The molecule has 0 saturated carbocycles. The van der Waals surface area contributed by atoms with Crippen molar-refractivity contribution >= 4 is 48.4 Å². The Bertz CT molecular complexity index is 1230. The Hall–Kier alpha value is -2.75. The first kappa shape index (κ1) is 19.0. The second-order valence-corrected chi connectivity index (χ2v) is 8.02. The van der Waals surface area contributed by atoms with Crippen molar-refractivity contribution in [3.63, 3.8) is 0 Å². The summed E-state index contributed by atoms with van der Waals surface area (Å²) in [5.41, 5.74) is -0.0608. The van der Waals surface area contributed by atoms with Gasteiger partial charge in [0.05, 0.1) is 4.90 Å². The summed E-state index contributed by atoms with van der Waals surface area (Å²) in [6.07, 6.45) is 2.45. The Kier molecular flexibility index (Phi) is 5.26. The standard InChI is InChI=1S/C18H13BrN2O5S/c19-12-4-5-17-11(8-12)9-15(18(23)26-17)16(22)6-7-21-13-2-1-3-14(10-13)27(20,24)25/h1-10,21H,(H2,20,24,25)/b7-6+. The number of carbonyl (C=O) groups excluding carboxylic acids is 1. The molecule has 3 aromatic rings. The number of anilines is 1. The predicted octanol–water partition coefficient (Wildman–Crippen LogP) is 3.01. The molecule has 138 valence electrons. The van der Waals surface area contributed by atoms with E-state index in [-0.39, 0.29) is 10.5 Å². The normalized spacial score (nSPS) is 11.8. The van der Waals surface area contributed by atoms with Crippen LogP contribution in [0.4, 0.5) is 5.69 Å². The van der Waals surface area contributed by atoms with Gasteiger partial charge in [0, 0.05) is 27.8 Å². The van der Waals surface area contributed by atoms with E-state index >= 15 is 0 Å². The van der Waals surface area contributed by atoms with Crippen molar-refractivity contribution < 1.29 is 17.6 Å². The molecule has 2 aromatic carbocycles. The van der Waals surface area contributed by atoms with Gasteiger partial charge in [-0.3, -0.25) is 4.79 Å². The zero-order chi connectivity index (χ0) is 19.6. The number of carbonyl (C=O) groups is 1. The molecule has 3 rings (SSSR count). The Balaban J connectivity index is 1.82. The van der Waals surface area contributed by atoms with Crippen LogP contribution in [0.1, 0.15) is 10.4 Å². The van der Waals surface area contributed by atoms with E-state index in [0.717, 1.165) is 10.5 Å². The highest BCUT2D eigenvalue weighted by Crippen LogP contribution is 2.19. The van der Waals surface area contributed by atoms with Gasteiger partial charge in [0.25, 0.3) is 0 Å². The number of benzene rings is 2. The van der Waals surface area contributed by atoms with Gasteiger partial charge in [0.1, 0.15) is 11.1 Å². The zero-order valence-electron chi connectivity index (χ0n) is 13.7. The second kappa shape index (κ2) is 7.47. The van der Waals surface area contributed by atoms with Crippen LogP contribution in [0.5, 0.6) is 0 Å². The summed E-state index contributed by atoms with van der Waals surface area (Å²) in [5.74, 6) is -0.555. The molecule has 1 heterocycles. The Morgan fingerprint density at radius 1 is 1.15 bits per heavy atom. The number of sulfonamides is 1. The second-order valence-electron chi connectivity index (χ2n) is 5.54. The van der Waals surface area contributed by atoms with Crippen molar-refractivity contribution in [2.75, 3.05) is 5.32 Å². The number of halogens is 1. The summed E-state index contributed by atoms with van der Waals surface area (Å²) in [5, 5.41) is 8.44. The van der Waals surface area contributed by atoms with Crippen LogP contribution >= 0.6 is 15.9 Å². The highest BCUT2D eigenvalue weighted by atomic mass is 79.9. The molecular formula is C18H13BrN2O5S.